The minimum atomic E-state index is 0.259. The predicted molar refractivity (Wildman–Crippen MR) is 98.5 cm³/mol. The molecule has 0 aliphatic carbocycles. The molecule has 3 heterocycles. The summed E-state index contributed by atoms with van der Waals surface area (Å²) in [4.78, 5) is 7.09. The lowest BCUT2D eigenvalue weighted by molar-refractivity contribution is 0.395. The van der Waals surface area contributed by atoms with E-state index in [0.29, 0.717) is 0 Å². The van der Waals surface area contributed by atoms with Crippen LogP contribution in [0.25, 0.3) is 16.9 Å². The van der Waals surface area contributed by atoms with Gasteiger partial charge in [0.25, 0.3) is 0 Å². The number of fused-ring (bicyclic) bond motifs is 1. The molecule has 1 saturated heterocycles. The summed E-state index contributed by atoms with van der Waals surface area (Å²) in [6.07, 6.45) is 5.09. The van der Waals surface area contributed by atoms with Gasteiger partial charge in [-0.2, -0.15) is 0 Å². The van der Waals surface area contributed by atoms with Crippen molar-refractivity contribution in [3.63, 3.8) is 0 Å². The van der Waals surface area contributed by atoms with Crippen LogP contribution in [-0.2, 0) is 0 Å². The van der Waals surface area contributed by atoms with Crippen molar-refractivity contribution in [2.45, 2.75) is 12.5 Å². The number of hydrogen-bond donors (Lipinski definition) is 1. The van der Waals surface area contributed by atoms with E-state index in [0.717, 1.165) is 47.9 Å². The van der Waals surface area contributed by atoms with E-state index in [1.165, 1.54) is 5.69 Å². The molecule has 1 aliphatic rings. The first-order chi connectivity index (χ1) is 12.2. The Morgan fingerprint density at radius 3 is 2.76 bits per heavy atom. The molecule has 25 heavy (non-hydrogen) atoms. The van der Waals surface area contributed by atoms with Crippen LogP contribution in [0.4, 0.5) is 5.69 Å². The molecule has 3 aromatic rings. The Balaban J connectivity index is 1.72. The summed E-state index contributed by atoms with van der Waals surface area (Å²) in [6.45, 7) is 1.90. The average molecular weight is 338 g/mol. The highest BCUT2D eigenvalue weighted by Gasteiger charge is 2.20. The van der Waals surface area contributed by atoms with Crippen LogP contribution < -0.4 is 20.1 Å². The number of anilines is 1. The molecular weight excluding hydrogens is 316 g/mol. The third-order valence-corrected chi connectivity index (χ3v) is 4.72. The SMILES string of the molecule is COc1ccc(-c2cn3ccc(N4CCC(N)C4)cc3n2)c(OC)c1. The van der Waals surface area contributed by atoms with Gasteiger partial charge in [-0.25, -0.2) is 4.98 Å². The summed E-state index contributed by atoms with van der Waals surface area (Å²) in [5.41, 5.74) is 9.91. The van der Waals surface area contributed by atoms with Crippen molar-refractivity contribution >= 4 is 11.3 Å². The van der Waals surface area contributed by atoms with Crippen LogP contribution in [0.3, 0.4) is 0 Å². The Kier molecular flexibility index (Phi) is 3.97. The maximum atomic E-state index is 6.02. The summed E-state index contributed by atoms with van der Waals surface area (Å²) in [5.74, 6) is 1.51. The summed E-state index contributed by atoms with van der Waals surface area (Å²) in [5, 5.41) is 0. The fourth-order valence-electron chi connectivity index (χ4n) is 3.33. The largest absolute Gasteiger partial charge is 0.497 e. The molecule has 1 fully saturated rings. The van der Waals surface area contributed by atoms with Gasteiger partial charge >= 0.3 is 0 Å². The molecule has 0 bridgehead atoms. The van der Waals surface area contributed by atoms with Crippen LogP contribution in [0.5, 0.6) is 11.5 Å². The zero-order chi connectivity index (χ0) is 17.4. The first-order valence-corrected chi connectivity index (χ1v) is 8.39. The minimum Gasteiger partial charge on any atom is -0.497 e. The van der Waals surface area contributed by atoms with E-state index in [1.54, 1.807) is 14.2 Å². The van der Waals surface area contributed by atoms with E-state index in [4.69, 9.17) is 20.2 Å². The molecule has 6 nitrogen and oxygen atoms in total. The van der Waals surface area contributed by atoms with Crippen molar-refractivity contribution < 1.29 is 9.47 Å². The maximum Gasteiger partial charge on any atom is 0.139 e. The molecule has 0 radical (unpaired) electrons. The van der Waals surface area contributed by atoms with Gasteiger partial charge in [-0.15, -0.1) is 0 Å². The van der Waals surface area contributed by atoms with Crippen LogP contribution in [0, 0.1) is 0 Å². The molecule has 2 N–H and O–H groups in total. The number of imidazole rings is 1. The van der Waals surface area contributed by atoms with Crippen molar-refractivity contribution in [2.24, 2.45) is 5.73 Å². The zero-order valence-corrected chi connectivity index (χ0v) is 14.5. The van der Waals surface area contributed by atoms with Crippen molar-refractivity contribution in [2.75, 3.05) is 32.2 Å². The van der Waals surface area contributed by atoms with Gasteiger partial charge in [0.05, 0.1) is 19.9 Å². The summed E-state index contributed by atoms with van der Waals surface area (Å²) < 4.78 is 12.8. The topological polar surface area (TPSA) is 65.0 Å². The fraction of sp³-hybridized carbons (Fsp3) is 0.316. The third-order valence-electron chi connectivity index (χ3n) is 4.72. The number of methoxy groups -OCH3 is 2. The minimum absolute atomic E-state index is 0.259. The molecular formula is C19H22N4O2. The standard InChI is InChI=1S/C19H22N4O2/c1-24-15-3-4-16(18(10-15)25-2)17-12-23-8-6-14(9-19(23)21-17)22-7-5-13(20)11-22/h3-4,6,8-10,12-13H,5,7,11,20H2,1-2H3. The van der Waals surface area contributed by atoms with Crippen LogP contribution >= 0.6 is 0 Å². The van der Waals surface area contributed by atoms with Crippen molar-refractivity contribution in [3.05, 3.63) is 42.7 Å². The van der Waals surface area contributed by atoms with E-state index >= 15 is 0 Å². The number of aromatic nitrogens is 2. The first kappa shape index (κ1) is 15.8. The Morgan fingerprint density at radius 1 is 1.16 bits per heavy atom. The molecule has 4 rings (SSSR count). The smallest absolute Gasteiger partial charge is 0.139 e. The summed E-state index contributed by atoms with van der Waals surface area (Å²) in [6, 6.07) is 10.2. The number of nitrogens with two attached hydrogens (primary N) is 1. The molecule has 0 saturated carbocycles. The lowest BCUT2D eigenvalue weighted by atomic mass is 10.1. The van der Waals surface area contributed by atoms with E-state index < -0.39 is 0 Å². The Labute approximate surface area is 146 Å². The highest BCUT2D eigenvalue weighted by Crippen LogP contribution is 2.33. The summed E-state index contributed by atoms with van der Waals surface area (Å²) >= 11 is 0. The molecule has 1 unspecified atom stereocenters. The van der Waals surface area contributed by atoms with E-state index in [-0.39, 0.29) is 6.04 Å². The molecule has 130 valence electrons. The molecule has 1 aromatic carbocycles. The number of nitrogens with zero attached hydrogens (tertiary/aromatic N) is 3. The number of rotatable bonds is 4. The van der Waals surface area contributed by atoms with E-state index in [2.05, 4.69) is 17.0 Å². The second kappa shape index (κ2) is 6.29. The van der Waals surface area contributed by atoms with Crippen molar-refractivity contribution in [1.82, 2.24) is 9.38 Å². The van der Waals surface area contributed by atoms with E-state index in [9.17, 15) is 0 Å². The van der Waals surface area contributed by atoms with Crippen LogP contribution in [0.1, 0.15) is 6.42 Å². The molecule has 0 spiro atoms. The average Bonchev–Trinajstić information content (AvgIpc) is 3.26. The van der Waals surface area contributed by atoms with Crippen molar-refractivity contribution in [1.29, 1.82) is 0 Å². The van der Waals surface area contributed by atoms with Crippen molar-refractivity contribution in [3.8, 4) is 22.8 Å². The third kappa shape index (κ3) is 2.89. The Morgan fingerprint density at radius 2 is 2.04 bits per heavy atom. The van der Waals surface area contributed by atoms with Gasteiger partial charge in [0.1, 0.15) is 17.1 Å². The van der Waals surface area contributed by atoms with Gasteiger partial charge < -0.3 is 24.5 Å². The molecule has 2 aromatic heterocycles. The highest BCUT2D eigenvalue weighted by atomic mass is 16.5. The summed E-state index contributed by atoms with van der Waals surface area (Å²) in [7, 11) is 3.30. The normalized spacial score (nSPS) is 17.2. The van der Waals surface area contributed by atoms with E-state index in [1.807, 2.05) is 35.0 Å². The lowest BCUT2D eigenvalue weighted by Crippen LogP contribution is -2.26. The second-order valence-corrected chi connectivity index (χ2v) is 6.34. The molecule has 0 amide bonds. The van der Waals surface area contributed by atoms with Gasteiger partial charge in [0, 0.05) is 54.9 Å². The number of benzene rings is 1. The highest BCUT2D eigenvalue weighted by molar-refractivity contribution is 5.71. The monoisotopic (exact) mass is 338 g/mol. The van der Waals surface area contributed by atoms with Crippen LogP contribution in [0.2, 0.25) is 0 Å². The molecule has 6 heteroatoms. The van der Waals surface area contributed by atoms with Crippen LogP contribution in [0.15, 0.2) is 42.7 Å². The fourth-order valence-corrected chi connectivity index (χ4v) is 3.33. The van der Waals surface area contributed by atoms with Gasteiger partial charge in [0.2, 0.25) is 0 Å². The number of ether oxygens (including phenoxy) is 2. The van der Waals surface area contributed by atoms with Gasteiger partial charge in [-0.1, -0.05) is 0 Å². The Hall–Kier alpha value is -2.73. The molecule has 1 aliphatic heterocycles. The maximum absolute atomic E-state index is 6.02. The molecule has 1 atom stereocenters. The number of pyridine rings is 1. The number of hydrogen-bond acceptors (Lipinski definition) is 5. The second-order valence-electron chi connectivity index (χ2n) is 6.34. The quantitative estimate of drug-likeness (QED) is 0.792. The zero-order valence-electron chi connectivity index (χ0n) is 14.5. The van der Waals surface area contributed by atoms with Crippen LogP contribution in [-0.4, -0.2) is 42.7 Å². The van der Waals surface area contributed by atoms with Gasteiger partial charge in [0.15, 0.2) is 0 Å². The Bertz CT molecular complexity index is 906. The van der Waals surface area contributed by atoms with Gasteiger partial charge in [-0.3, -0.25) is 0 Å². The lowest BCUT2D eigenvalue weighted by Gasteiger charge is -2.17. The predicted octanol–water partition coefficient (Wildman–Crippen LogP) is 2.56. The van der Waals surface area contributed by atoms with Gasteiger partial charge in [-0.05, 0) is 24.6 Å². The first-order valence-electron chi connectivity index (χ1n) is 8.39.